The Hall–Kier alpha value is -2.24. The summed E-state index contributed by atoms with van der Waals surface area (Å²) in [6.45, 7) is 8.53. The molecule has 2 aromatic carbocycles. The van der Waals surface area contributed by atoms with E-state index in [0.29, 0.717) is 35.8 Å². The lowest BCUT2D eigenvalue weighted by atomic mass is 9.67. The van der Waals surface area contributed by atoms with Crippen LogP contribution >= 0.6 is 0 Å². The zero-order valence-corrected chi connectivity index (χ0v) is 35.4. The molecule has 0 spiro atoms. The van der Waals surface area contributed by atoms with E-state index in [4.69, 9.17) is 9.47 Å². The van der Waals surface area contributed by atoms with Gasteiger partial charge in [-0.1, -0.05) is 85.5 Å². The molecule has 0 atom stereocenters. The first-order chi connectivity index (χ1) is 26.7. The van der Waals surface area contributed by atoms with Crippen molar-refractivity contribution in [1.29, 1.82) is 0 Å². The van der Waals surface area contributed by atoms with E-state index in [-0.39, 0.29) is 11.5 Å². The van der Waals surface area contributed by atoms with E-state index in [0.717, 1.165) is 78.7 Å². The van der Waals surface area contributed by atoms with Gasteiger partial charge < -0.3 is 9.47 Å². The van der Waals surface area contributed by atoms with Gasteiger partial charge in [-0.3, -0.25) is 0 Å². The maximum atomic E-state index is 14.7. The summed E-state index contributed by atoms with van der Waals surface area (Å²) in [5.74, 6) is 3.12. The highest BCUT2D eigenvalue weighted by Gasteiger charge is 2.34. The van der Waals surface area contributed by atoms with Crippen LogP contribution in [0, 0.1) is 58.8 Å². The third kappa shape index (κ3) is 10.8. The summed E-state index contributed by atoms with van der Waals surface area (Å²) in [4.78, 5) is 0. The third-order valence-corrected chi connectivity index (χ3v) is 14.8. The van der Waals surface area contributed by atoms with Crippen LogP contribution in [0.25, 0.3) is 0 Å². The Kier molecular flexibility index (Phi) is 17.2. The molecule has 0 amide bonds. The van der Waals surface area contributed by atoms with Gasteiger partial charge in [0.05, 0.1) is 14.2 Å². The molecule has 0 bridgehead atoms. The molecule has 4 aliphatic carbocycles. The van der Waals surface area contributed by atoms with Crippen LogP contribution in [-0.2, 0) is 12.8 Å². The van der Waals surface area contributed by atoms with Gasteiger partial charge in [-0.25, -0.2) is 8.78 Å². The Morgan fingerprint density at radius 2 is 0.800 bits per heavy atom. The van der Waals surface area contributed by atoms with Crippen molar-refractivity contribution in [3.8, 4) is 11.5 Å². The molecule has 0 saturated heterocycles. The summed E-state index contributed by atoms with van der Waals surface area (Å²) >= 11 is 0. The highest BCUT2D eigenvalue weighted by atomic mass is 19.2. The Labute approximate surface area is 332 Å². The van der Waals surface area contributed by atoms with Crippen molar-refractivity contribution in [2.24, 2.45) is 35.5 Å². The molecule has 0 radical (unpaired) electrons. The molecular weight excluding hydrogens is 697 g/mol. The van der Waals surface area contributed by atoms with E-state index in [1.54, 1.807) is 12.1 Å². The molecule has 6 rings (SSSR count). The lowest BCUT2D eigenvalue weighted by Gasteiger charge is -2.38. The van der Waals surface area contributed by atoms with Crippen molar-refractivity contribution < 1.29 is 27.0 Å². The molecule has 6 heteroatoms. The van der Waals surface area contributed by atoms with Crippen LogP contribution in [0.1, 0.15) is 197 Å². The first-order valence-electron chi connectivity index (χ1n) is 22.8. The van der Waals surface area contributed by atoms with Crippen LogP contribution in [-0.4, -0.2) is 14.2 Å². The fourth-order valence-electron chi connectivity index (χ4n) is 11.7. The summed E-state index contributed by atoms with van der Waals surface area (Å²) in [5, 5.41) is 0. The minimum atomic E-state index is -0.837. The Morgan fingerprint density at radius 1 is 0.455 bits per heavy atom. The van der Waals surface area contributed by atoms with E-state index in [1.165, 1.54) is 117 Å². The van der Waals surface area contributed by atoms with Crippen LogP contribution in [0.3, 0.4) is 0 Å². The molecule has 4 aliphatic rings. The van der Waals surface area contributed by atoms with E-state index < -0.39 is 23.3 Å². The van der Waals surface area contributed by atoms with Crippen LogP contribution in [0.2, 0.25) is 0 Å². The summed E-state index contributed by atoms with van der Waals surface area (Å²) in [6, 6.07) is 3.54. The monoisotopic (exact) mass is 771 g/mol. The predicted octanol–water partition coefficient (Wildman–Crippen LogP) is 15.2. The van der Waals surface area contributed by atoms with Crippen molar-refractivity contribution >= 4 is 0 Å². The molecule has 310 valence electrons. The highest BCUT2D eigenvalue weighted by molar-refractivity contribution is 5.42. The van der Waals surface area contributed by atoms with Gasteiger partial charge in [-0.05, 0) is 172 Å². The van der Waals surface area contributed by atoms with E-state index >= 15 is 0 Å². The van der Waals surface area contributed by atoms with Crippen LogP contribution in [0.5, 0.6) is 11.5 Å². The maximum Gasteiger partial charge on any atom is 0.200 e. The number of hydrogen-bond acceptors (Lipinski definition) is 2. The normalized spacial score (nSPS) is 28.6. The number of rotatable bonds is 13. The summed E-state index contributed by atoms with van der Waals surface area (Å²) in [6.07, 6.45) is 28.0. The molecular formula is C49H74F4O2. The van der Waals surface area contributed by atoms with E-state index in [2.05, 4.69) is 13.8 Å². The lowest BCUT2D eigenvalue weighted by Crippen LogP contribution is -2.25. The molecule has 2 nitrogen and oxygen atoms in total. The van der Waals surface area contributed by atoms with Gasteiger partial charge in [0.1, 0.15) is 0 Å². The maximum absolute atomic E-state index is 14.7. The second-order valence-corrected chi connectivity index (χ2v) is 18.0. The topological polar surface area (TPSA) is 18.5 Å². The van der Waals surface area contributed by atoms with Crippen LogP contribution < -0.4 is 9.47 Å². The molecule has 55 heavy (non-hydrogen) atoms. The summed E-state index contributed by atoms with van der Waals surface area (Å²) < 4.78 is 67.7. The minimum Gasteiger partial charge on any atom is -0.494 e. The number of halogens is 4. The fraction of sp³-hybridized carbons (Fsp3) is 0.755. The second kappa shape index (κ2) is 21.5. The molecule has 0 aromatic heterocycles. The van der Waals surface area contributed by atoms with Gasteiger partial charge in [0.25, 0.3) is 0 Å². The average molecular weight is 771 g/mol. The van der Waals surface area contributed by atoms with Gasteiger partial charge in [0.2, 0.25) is 11.6 Å². The fourth-order valence-corrected chi connectivity index (χ4v) is 11.7. The molecule has 0 heterocycles. The van der Waals surface area contributed by atoms with Crippen molar-refractivity contribution in [1.82, 2.24) is 0 Å². The standard InChI is InChI=1S/C25H38F2O.C24H36F2O/c1-4-6-17-8-10-18(11-9-17)19-12-14-20(15-13-19)22-16-23(28-3)25(27)24(26)21(22)7-5-2;1-4-6-16-7-9-17(10-8-16)18-11-13-19(14-12-18)21-15-22(27-3)24(26)23(25)20(21)5-2/h16-20H,4-15H2,1-3H3;15-19H,4-14H2,1-3H3. The zero-order valence-electron chi connectivity index (χ0n) is 35.4. The molecule has 4 saturated carbocycles. The van der Waals surface area contributed by atoms with E-state index in [9.17, 15) is 17.6 Å². The molecule has 4 fully saturated rings. The first kappa shape index (κ1) is 43.9. The smallest absolute Gasteiger partial charge is 0.200 e. The Morgan fingerprint density at radius 3 is 1.13 bits per heavy atom. The van der Waals surface area contributed by atoms with Crippen LogP contribution in [0.4, 0.5) is 17.6 Å². The van der Waals surface area contributed by atoms with Gasteiger partial charge in [-0.2, -0.15) is 8.78 Å². The number of methoxy groups -OCH3 is 2. The predicted molar refractivity (Wildman–Crippen MR) is 219 cm³/mol. The highest BCUT2D eigenvalue weighted by Crippen LogP contribution is 2.48. The number of hydrogen-bond donors (Lipinski definition) is 0. The van der Waals surface area contributed by atoms with Gasteiger partial charge in [-0.15, -0.1) is 0 Å². The zero-order chi connectivity index (χ0) is 39.5. The summed E-state index contributed by atoms with van der Waals surface area (Å²) in [7, 11) is 2.84. The molecule has 0 aliphatic heterocycles. The summed E-state index contributed by atoms with van der Waals surface area (Å²) in [5.41, 5.74) is 3.13. The Balaban J connectivity index is 0.000000211. The van der Waals surface area contributed by atoms with Crippen molar-refractivity contribution in [2.45, 2.75) is 187 Å². The largest absolute Gasteiger partial charge is 0.494 e. The van der Waals surface area contributed by atoms with Gasteiger partial charge >= 0.3 is 0 Å². The van der Waals surface area contributed by atoms with Crippen molar-refractivity contribution in [3.63, 3.8) is 0 Å². The van der Waals surface area contributed by atoms with Gasteiger partial charge in [0, 0.05) is 0 Å². The molecule has 2 aromatic rings. The van der Waals surface area contributed by atoms with Crippen LogP contribution in [0.15, 0.2) is 12.1 Å². The first-order valence-corrected chi connectivity index (χ1v) is 22.8. The van der Waals surface area contributed by atoms with E-state index in [1.807, 2.05) is 13.8 Å². The Bertz CT molecular complexity index is 1460. The average Bonchev–Trinajstić information content (AvgIpc) is 3.22. The SMILES string of the molecule is CCCC1CCC(C2CCC(c3cc(OC)c(F)c(F)c3CC)CC2)CC1.CCCc1c(C2CCC(C3CCC(CCC)CC3)CC2)cc(OC)c(F)c1F. The number of ether oxygens (including phenoxy) is 2. The molecule has 0 N–H and O–H groups in total. The molecule has 0 unspecified atom stereocenters. The second-order valence-electron chi connectivity index (χ2n) is 18.0. The lowest BCUT2D eigenvalue weighted by molar-refractivity contribution is 0.156. The van der Waals surface area contributed by atoms with Crippen molar-refractivity contribution in [2.75, 3.05) is 14.2 Å². The number of benzene rings is 2. The minimum absolute atomic E-state index is 0.0519. The third-order valence-electron chi connectivity index (χ3n) is 14.8. The van der Waals surface area contributed by atoms with Crippen molar-refractivity contribution in [3.05, 3.63) is 57.7 Å². The quantitative estimate of drug-likeness (QED) is 0.189. The van der Waals surface area contributed by atoms with Gasteiger partial charge in [0.15, 0.2) is 23.1 Å².